The van der Waals surface area contributed by atoms with Crippen LogP contribution >= 0.6 is 0 Å². The van der Waals surface area contributed by atoms with Gasteiger partial charge < -0.3 is 9.59 Å². The predicted octanol–water partition coefficient (Wildman–Crippen LogP) is -0.482. The lowest BCUT2D eigenvalue weighted by Crippen LogP contribution is -2.52. The van der Waals surface area contributed by atoms with Crippen molar-refractivity contribution in [3.8, 4) is 0 Å². The lowest BCUT2D eigenvalue weighted by molar-refractivity contribution is -0.153. The van der Waals surface area contributed by atoms with E-state index in [-0.39, 0.29) is 19.0 Å². The summed E-state index contributed by atoms with van der Waals surface area (Å²) in [7, 11) is 0. The SMILES string of the molecule is CC(CF)CC(=O)C1C(=O)C(C=O)C(=O)C(C=O)C1=O. The Hall–Kier alpha value is -2.05. The highest BCUT2D eigenvalue weighted by Crippen LogP contribution is 2.25. The van der Waals surface area contributed by atoms with Gasteiger partial charge in [0.25, 0.3) is 0 Å². The van der Waals surface area contributed by atoms with E-state index in [1.165, 1.54) is 6.92 Å². The fraction of sp³-hybridized carbons (Fsp3) is 0.538. The number of ketones is 4. The van der Waals surface area contributed by atoms with Crippen molar-refractivity contribution >= 4 is 35.7 Å². The number of halogens is 1. The summed E-state index contributed by atoms with van der Waals surface area (Å²) in [5.41, 5.74) is 0. The third kappa shape index (κ3) is 2.76. The number of hydrogen-bond acceptors (Lipinski definition) is 6. The molecule has 3 unspecified atom stereocenters. The molecule has 0 aromatic rings. The van der Waals surface area contributed by atoms with Crippen LogP contribution in [-0.2, 0) is 28.8 Å². The van der Waals surface area contributed by atoms with Crippen molar-refractivity contribution in [2.75, 3.05) is 6.67 Å². The van der Waals surface area contributed by atoms with E-state index in [1.807, 2.05) is 0 Å². The Morgan fingerprint density at radius 2 is 1.55 bits per heavy atom. The van der Waals surface area contributed by atoms with Crippen LogP contribution < -0.4 is 0 Å². The van der Waals surface area contributed by atoms with Gasteiger partial charge in [-0.25, -0.2) is 0 Å². The van der Waals surface area contributed by atoms with E-state index in [9.17, 15) is 33.2 Å². The summed E-state index contributed by atoms with van der Waals surface area (Å²) >= 11 is 0. The van der Waals surface area contributed by atoms with E-state index in [4.69, 9.17) is 0 Å². The summed E-state index contributed by atoms with van der Waals surface area (Å²) in [6.45, 7) is 0.600. The Balaban J connectivity index is 3.10. The summed E-state index contributed by atoms with van der Waals surface area (Å²) in [6.07, 6.45) is -0.330. The Morgan fingerprint density at radius 3 is 1.90 bits per heavy atom. The van der Waals surface area contributed by atoms with Crippen molar-refractivity contribution in [2.24, 2.45) is 23.7 Å². The minimum Gasteiger partial charge on any atom is -0.302 e. The number of aldehydes is 2. The number of alkyl halides is 1. The normalized spacial score (nSPS) is 28.1. The molecule has 0 aromatic heterocycles. The quantitative estimate of drug-likeness (QED) is 0.482. The first-order valence-electron chi connectivity index (χ1n) is 5.99. The molecule has 3 atom stereocenters. The highest BCUT2D eigenvalue weighted by Gasteiger charge is 2.51. The molecule has 0 heterocycles. The first-order valence-corrected chi connectivity index (χ1v) is 5.99. The van der Waals surface area contributed by atoms with Gasteiger partial charge in [0, 0.05) is 6.42 Å². The number of rotatable bonds is 6. The number of carbonyl (C=O) groups is 6. The van der Waals surface area contributed by atoms with Crippen LogP contribution in [0.2, 0.25) is 0 Å². The van der Waals surface area contributed by atoms with E-state index >= 15 is 0 Å². The highest BCUT2D eigenvalue weighted by molar-refractivity contribution is 6.38. The number of hydrogen-bond donors (Lipinski definition) is 0. The zero-order valence-electron chi connectivity index (χ0n) is 10.7. The van der Waals surface area contributed by atoms with Crippen molar-refractivity contribution in [3.05, 3.63) is 0 Å². The molecule has 0 saturated heterocycles. The molecule has 1 saturated carbocycles. The van der Waals surface area contributed by atoms with E-state index < -0.39 is 53.5 Å². The maximum absolute atomic E-state index is 12.4. The van der Waals surface area contributed by atoms with E-state index in [0.717, 1.165) is 0 Å². The summed E-state index contributed by atoms with van der Waals surface area (Å²) in [5, 5.41) is 0. The largest absolute Gasteiger partial charge is 0.302 e. The van der Waals surface area contributed by atoms with E-state index in [2.05, 4.69) is 0 Å². The third-order valence-electron chi connectivity index (χ3n) is 3.20. The topological polar surface area (TPSA) is 102 Å². The monoisotopic (exact) mass is 284 g/mol. The van der Waals surface area contributed by atoms with Crippen molar-refractivity contribution in [1.29, 1.82) is 0 Å². The van der Waals surface area contributed by atoms with Crippen LogP contribution in [0, 0.1) is 23.7 Å². The molecule has 20 heavy (non-hydrogen) atoms. The fourth-order valence-electron chi connectivity index (χ4n) is 2.07. The average Bonchev–Trinajstić information content (AvgIpc) is 2.39. The zero-order chi connectivity index (χ0) is 15.4. The molecule has 108 valence electrons. The minimum absolute atomic E-state index is 0.0203. The van der Waals surface area contributed by atoms with Crippen LogP contribution in [0.3, 0.4) is 0 Å². The van der Waals surface area contributed by atoms with Crippen LogP contribution in [0.25, 0.3) is 0 Å². The van der Waals surface area contributed by atoms with Crippen LogP contribution in [-0.4, -0.2) is 42.4 Å². The Bertz CT molecular complexity index is 453. The standard InChI is InChI=1S/C13H13FO6/c1-6(3-14)2-9(17)10-12(19)7(4-15)11(18)8(5-16)13(10)20/h4-8,10H,2-3H2,1H3. The molecular weight excluding hydrogens is 271 g/mol. The van der Waals surface area contributed by atoms with Gasteiger partial charge in [-0.05, 0) is 5.92 Å². The van der Waals surface area contributed by atoms with Crippen molar-refractivity contribution in [3.63, 3.8) is 0 Å². The Morgan fingerprint density at radius 1 is 1.10 bits per heavy atom. The van der Waals surface area contributed by atoms with Gasteiger partial charge in [-0.2, -0.15) is 0 Å². The molecule has 6 nitrogen and oxygen atoms in total. The van der Waals surface area contributed by atoms with Gasteiger partial charge in [0.2, 0.25) is 0 Å². The molecular formula is C13H13FO6. The second kappa shape index (κ2) is 6.40. The van der Waals surface area contributed by atoms with Gasteiger partial charge in [0.05, 0.1) is 6.67 Å². The molecule has 0 aromatic carbocycles. The molecule has 0 amide bonds. The summed E-state index contributed by atoms with van der Waals surface area (Å²) in [5.74, 6) is -10.3. The molecule has 0 radical (unpaired) electrons. The minimum atomic E-state index is -1.83. The first kappa shape index (κ1) is 16.0. The smallest absolute Gasteiger partial charge is 0.168 e. The molecule has 0 spiro atoms. The van der Waals surface area contributed by atoms with Crippen LogP contribution in [0.1, 0.15) is 13.3 Å². The molecule has 1 fully saturated rings. The average molecular weight is 284 g/mol. The molecule has 0 aliphatic heterocycles. The van der Waals surface area contributed by atoms with Crippen molar-refractivity contribution in [2.45, 2.75) is 13.3 Å². The van der Waals surface area contributed by atoms with Crippen molar-refractivity contribution in [1.82, 2.24) is 0 Å². The molecule has 0 bridgehead atoms. The van der Waals surface area contributed by atoms with E-state index in [1.54, 1.807) is 0 Å². The van der Waals surface area contributed by atoms with Gasteiger partial charge in [-0.3, -0.25) is 23.6 Å². The fourth-order valence-corrected chi connectivity index (χ4v) is 2.07. The second-order valence-electron chi connectivity index (χ2n) is 4.80. The number of Topliss-reactive ketones (excluding diaryl/α,β-unsaturated/α-hetero) is 4. The predicted molar refractivity (Wildman–Crippen MR) is 62.4 cm³/mol. The van der Waals surface area contributed by atoms with Crippen LogP contribution in [0.5, 0.6) is 0 Å². The Kier molecular flexibility index (Phi) is 5.12. The maximum Gasteiger partial charge on any atom is 0.168 e. The van der Waals surface area contributed by atoms with Gasteiger partial charge in [0.15, 0.2) is 23.1 Å². The van der Waals surface area contributed by atoms with Gasteiger partial charge >= 0.3 is 0 Å². The number of carbonyl (C=O) groups excluding carboxylic acids is 6. The Labute approximate surface area is 113 Å². The van der Waals surface area contributed by atoms with Crippen LogP contribution in [0.4, 0.5) is 4.39 Å². The van der Waals surface area contributed by atoms with Crippen LogP contribution in [0.15, 0.2) is 0 Å². The van der Waals surface area contributed by atoms with Gasteiger partial charge in [-0.1, -0.05) is 6.92 Å². The summed E-state index contributed by atoms with van der Waals surface area (Å²) in [6, 6.07) is 0. The molecule has 1 aliphatic rings. The summed E-state index contributed by atoms with van der Waals surface area (Å²) < 4.78 is 12.4. The van der Waals surface area contributed by atoms with Gasteiger partial charge in [-0.15, -0.1) is 0 Å². The second-order valence-corrected chi connectivity index (χ2v) is 4.80. The molecule has 0 N–H and O–H groups in total. The van der Waals surface area contributed by atoms with Crippen molar-refractivity contribution < 1.29 is 33.2 Å². The third-order valence-corrected chi connectivity index (χ3v) is 3.20. The lowest BCUT2D eigenvalue weighted by Gasteiger charge is -2.25. The first-order chi connectivity index (χ1) is 9.38. The van der Waals surface area contributed by atoms with E-state index in [0.29, 0.717) is 0 Å². The molecule has 7 heteroatoms. The van der Waals surface area contributed by atoms with Gasteiger partial charge in [0.1, 0.15) is 30.3 Å². The molecule has 1 rings (SSSR count). The summed E-state index contributed by atoms with van der Waals surface area (Å²) in [4.78, 5) is 68.6. The highest BCUT2D eigenvalue weighted by atomic mass is 19.1. The zero-order valence-corrected chi connectivity index (χ0v) is 10.7. The lowest BCUT2D eigenvalue weighted by atomic mass is 9.70. The molecule has 1 aliphatic carbocycles. The maximum atomic E-state index is 12.4.